The van der Waals surface area contributed by atoms with Gasteiger partial charge in [0.25, 0.3) is 5.91 Å². The minimum absolute atomic E-state index is 0.114. The first-order valence-electron chi connectivity index (χ1n) is 10.3. The summed E-state index contributed by atoms with van der Waals surface area (Å²) in [5.41, 5.74) is 1.22. The van der Waals surface area contributed by atoms with Crippen molar-refractivity contribution in [3.8, 4) is 0 Å². The third-order valence-corrected chi connectivity index (χ3v) is 6.82. The number of benzene rings is 1. The van der Waals surface area contributed by atoms with E-state index in [1.165, 1.54) is 38.0 Å². The monoisotopic (exact) mass is 383 g/mol. The molecule has 2 aliphatic heterocycles. The van der Waals surface area contributed by atoms with Crippen molar-refractivity contribution in [2.45, 2.75) is 44.7 Å². The minimum Gasteiger partial charge on any atom is -0.448 e. The second-order valence-electron chi connectivity index (χ2n) is 8.53. The molecule has 1 aromatic heterocycles. The van der Waals surface area contributed by atoms with Gasteiger partial charge in [0, 0.05) is 38.5 Å². The molecule has 1 saturated carbocycles. The molecule has 6 heteroatoms. The Balaban J connectivity index is 1.45. The number of hydrogen-bond donors (Lipinski definition) is 0. The SMILES string of the molecule is Cc1nc(C(=O)N2C[C@@H]3CN(C4CCCC4)C[C@@H]3[C@H]2c2cccc(F)c2)co1. The zero-order valence-electron chi connectivity index (χ0n) is 16.2. The van der Waals surface area contributed by atoms with Gasteiger partial charge in [-0.3, -0.25) is 9.69 Å². The smallest absolute Gasteiger partial charge is 0.276 e. The lowest BCUT2D eigenvalue weighted by molar-refractivity contribution is 0.0687. The Bertz CT molecular complexity index is 876. The van der Waals surface area contributed by atoms with Crippen LogP contribution < -0.4 is 0 Å². The molecular formula is C22H26FN3O2. The van der Waals surface area contributed by atoms with Crippen molar-refractivity contribution in [2.75, 3.05) is 19.6 Å². The Labute approximate surface area is 164 Å². The number of rotatable bonds is 3. The van der Waals surface area contributed by atoms with Crippen molar-refractivity contribution in [1.82, 2.24) is 14.8 Å². The lowest BCUT2D eigenvalue weighted by Crippen LogP contribution is -2.38. The molecule has 5 rings (SSSR count). The predicted molar refractivity (Wildman–Crippen MR) is 102 cm³/mol. The Morgan fingerprint density at radius 3 is 2.75 bits per heavy atom. The Kier molecular flexibility index (Phi) is 4.46. The summed E-state index contributed by atoms with van der Waals surface area (Å²) in [6.45, 7) is 4.44. The number of carbonyl (C=O) groups is 1. The number of amides is 1. The summed E-state index contributed by atoms with van der Waals surface area (Å²) >= 11 is 0. The standard InChI is InChI=1S/C22H26FN3O2/c1-14-24-20(13-28-14)22(27)26-11-16-10-25(18-7-2-3-8-18)12-19(16)21(26)15-5-4-6-17(23)9-15/h4-6,9,13,16,18-19,21H,2-3,7-8,10-12H2,1H3/t16-,19-,21+/m0/s1. The molecule has 0 bridgehead atoms. The molecule has 0 radical (unpaired) electrons. The molecule has 28 heavy (non-hydrogen) atoms. The van der Waals surface area contributed by atoms with E-state index in [0.717, 1.165) is 18.7 Å². The van der Waals surface area contributed by atoms with Gasteiger partial charge in [-0.05, 0) is 36.5 Å². The average Bonchev–Trinajstić information content (AvgIpc) is 3.44. The Morgan fingerprint density at radius 2 is 2.04 bits per heavy atom. The van der Waals surface area contributed by atoms with Crippen LogP contribution in [0.1, 0.15) is 53.7 Å². The number of carbonyl (C=O) groups excluding carboxylic acids is 1. The molecule has 3 heterocycles. The molecule has 3 atom stereocenters. The zero-order chi connectivity index (χ0) is 19.3. The average molecular weight is 383 g/mol. The van der Waals surface area contributed by atoms with Gasteiger partial charge in [-0.15, -0.1) is 0 Å². The molecule has 148 valence electrons. The van der Waals surface area contributed by atoms with E-state index in [0.29, 0.717) is 36.0 Å². The summed E-state index contributed by atoms with van der Waals surface area (Å²) in [6, 6.07) is 7.30. The third-order valence-electron chi connectivity index (χ3n) is 6.82. The zero-order valence-corrected chi connectivity index (χ0v) is 16.2. The van der Waals surface area contributed by atoms with Crippen molar-refractivity contribution in [3.63, 3.8) is 0 Å². The maximum Gasteiger partial charge on any atom is 0.276 e. The van der Waals surface area contributed by atoms with Crippen molar-refractivity contribution >= 4 is 5.91 Å². The molecule has 1 aliphatic carbocycles. The highest BCUT2D eigenvalue weighted by Gasteiger charge is 2.50. The number of aromatic nitrogens is 1. The van der Waals surface area contributed by atoms with Crippen LogP contribution in [0.4, 0.5) is 4.39 Å². The van der Waals surface area contributed by atoms with E-state index in [1.807, 2.05) is 11.0 Å². The number of aryl methyl sites for hydroxylation is 1. The highest BCUT2D eigenvalue weighted by molar-refractivity contribution is 5.92. The van der Waals surface area contributed by atoms with Crippen LogP contribution in [0.2, 0.25) is 0 Å². The van der Waals surface area contributed by atoms with Gasteiger partial charge in [0.05, 0.1) is 6.04 Å². The molecular weight excluding hydrogens is 357 g/mol. The quantitative estimate of drug-likeness (QED) is 0.809. The van der Waals surface area contributed by atoms with Crippen molar-refractivity contribution < 1.29 is 13.6 Å². The summed E-state index contributed by atoms with van der Waals surface area (Å²) < 4.78 is 19.3. The summed E-state index contributed by atoms with van der Waals surface area (Å²) in [4.78, 5) is 21.9. The van der Waals surface area contributed by atoms with Crippen LogP contribution in [0, 0.1) is 24.6 Å². The highest BCUT2D eigenvalue weighted by Crippen LogP contribution is 2.47. The fraction of sp³-hybridized carbons (Fsp3) is 0.545. The Morgan fingerprint density at radius 1 is 1.21 bits per heavy atom. The molecule has 1 aromatic carbocycles. The largest absolute Gasteiger partial charge is 0.448 e. The lowest BCUT2D eigenvalue weighted by Gasteiger charge is -2.31. The summed E-state index contributed by atoms with van der Waals surface area (Å²) in [5.74, 6) is 0.867. The molecule has 0 N–H and O–H groups in total. The maximum absolute atomic E-state index is 14.0. The van der Waals surface area contributed by atoms with Gasteiger partial charge in [-0.2, -0.15) is 0 Å². The van der Waals surface area contributed by atoms with Crippen molar-refractivity contribution in [1.29, 1.82) is 0 Å². The summed E-state index contributed by atoms with van der Waals surface area (Å²) in [7, 11) is 0. The number of halogens is 1. The van der Waals surface area contributed by atoms with Crippen LogP contribution in [-0.2, 0) is 0 Å². The molecule has 3 aliphatic rings. The van der Waals surface area contributed by atoms with Gasteiger partial charge in [0.15, 0.2) is 11.6 Å². The minimum atomic E-state index is -0.253. The first-order valence-corrected chi connectivity index (χ1v) is 10.3. The van der Waals surface area contributed by atoms with E-state index < -0.39 is 0 Å². The molecule has 2 aromatic rings. The topological polar surface area (TPSA) is 49.6 Å². The fourth-order valence-electron chi connectivity index (χ4n) is 5.58. The van der Waals surface area contributed by atoms with E-state index in [9.17, 15) is 9.18 Å². The van der Waals surface area contributed by atoms with E-state index in [4.69, 9.17) is 4.42 Å². The lowest BCUT2D eigenvalue weighted by atomic mass is 9.89. The number of nitrogens with zero attached hydrogens (tertiary/aromatic N) is 3. The summed E-state index contributed by atoms with van der Waals surface area (Å²) in [5, 5.41) is 0. The first-order chi connectivity index (χ1) is 13.6. The number of oxazole rings is 1. The van der Waals surface area contributed by atoms with Crippen LogP contribution in [-0.4, -0.2) is 46.4 Å². The third kappa shape index (κ3) is 3.04. The normalized spacial score (nSPS) is 28.2. The molecule has 0 unspecified atom stereocenters. The van der Waals surface area contributed by atoms with Gasteiger partial charge in [0.2, 0.25) is 0 Å². The number of hydrogen-bond acceptors (Lipinski definition) is 4. The summed E-state index contributed by atoms with van der Waals surface area (Å²) in [6.07, 6.45) is 6.63. The van der Waals surface area contributed by atoms with Crippen LogP contribution in [0.3, 0.4) is 0 Å². The molecule has 3 fully saturated rings. The molecule has 2 saturated heterocycles. The van der Waals surface area contributed by atoms with E-state index in [2.05, 4.69) is 9.88 Å². The van der Waals surface area contributed by atoms with Crippen LogP contribution >= 0.6 is 0 Å². The van der Waals surface area contributed by atoms with Crippen LogP contribution in [0.25, 0.3) is 0 Å². The number of likely N-dealkylation sites (tertiary alicyclic amines) is 2. The van der Waals surface area contributed by atoms with Crippen LogP contribution in [0.15, 0.2) is 34.9 Å². The van der Waals surface area contributed by atoms with E-state index in [-0.39, 0.29) is 17.8 Å². The Hall–Kier alpha value is -2.21. The van der Waals surface area contributed by atoms with Gasteiger partial charge in [0.1, 0.15) is 12.1 Å². The van der Waals surface area contributed by atoms with Crippen molar-refractivity contribution in [3.05, 3.63) is 53.5 Å². The van der Waals surface area contributed by atoms with Gasteiger partial charge < -0.3 is 9.32 Å². The second kappa shape index (κ2) is 6.99. The predicted octanol–water partition coefficient (Wildman–Crippen LogP) is 3.81. The molecule has 5 nitrogen and oxygen atoms in total. The first kappa shape index (κ1) is 17.9. The molecule has 1 amide bonds. The van der Waals surface area contributed by atoms with Gasteiger partial charge in [-0.1, -0.05) is 25.0 Å². The van der Waals surface area contributed by atoms with Crippen molar-refractivity contribution in [2.24, 2.45) is 11.8 Å². The number of fused-ring (bicyclic) bond motifs is 1. The van der Waals surface area contributed by atoms with Gasteiger partial charge >= 0.3 is 0 Å². The van der Waals surface area contributed by atoms with Gasteiger partial charge in [-0.25, -0.2) is 9.37 Å². The van der Waals surface area contributed by atoms with E-state index in [1.54, 1.807) is 19.1 Å². The van der Waals surface area contributed by atoms with Crippen LogP contribution in [0.5, 0.6) is 0 Å². The second-order valence-corrected chi connectivity index (χ2v) is 8.53. The van der Waals surface area contributed by atoms with E-state index >= 15 is 0 Å². The maximum atomic E-state index is 14.0. The highest BCUT2D eigenvalue weighted by atomic mass is 19.1. The molecule has 0 spiro atoms. The fourth-order valence-corrected chi connectivity index (χ4v) is 5.58.